The van der Waals surface area contributed by atoms with Gasteiger partial charge in [0.1, 0.15) is 0 Å². The molecule has 110 valence electrons. The van der Waals surface area contributed by atoms with E-state index in [-0.39, 0.29) is 0 Å². The molecule has 0 aliphatic rings. The molecule has 4 heteroatoms. The van der Waals surface area contributed by atoms with Gasteiger partial charge < -0.3 is 16.4 Å². The number of nitrogens with two attached hydrogens (primary N) is 2. The van der Waals surface area contributed by atoms with E-state index >= 15 is 0 Å². The van der Waals surface area contributed by atoms with Crippen molar-refractivity contribution < 1.29 is 0 Å². The molecular weight excluding hydrogens is 260 g/mol. The van der Waals surface area contributed by atoms with Crippen molar-refractivity contribution in [3.63, 3.8) is 0 Å². The van der Waals surface area contributed by atoms with E-state index < -0.39 is 0 Å². The van der Waals surface area contributed by atoms with Crippen LogP contribution in [0.2, 0.25) is 0 Å². The van der Waals surface area contributed by atoms with E-state index in [4.69, 9.17) is 11.5 Å². The molecule has 0 radical (unpaired) electrons. The van der Waals surface area contributed by atoms with Crippen LogP contribution < -0.4 is 16.4 Å². The first-order valence-corrected chi connectivity index (χ1v) is 7.05. The SMILES string of the molecule is Cc1ccc(N=C(N)N(CCN)c2ccc(C)cc2)cc1. The van der Waals surface area contributed by atoms with Gasteiger partial charge in [-0.3, -0.25) is 0 Å². The number of guanidine groups is 1. The lowest BCUT2D eigenvalue weighted by molar-refractivity contribution is 0.934. The first-order chi connectivity index (χ1) is 10.1. The third kappa shape index (κ3) is 4.07. The largest absolute Gasteiger partial charge is 0.369 e. The minimum Gasteiger partial charge on any atom is -0.369 e. The Bertz CT molecular complexity index is 600. The standard InChI is InChI=1S/C17H22N4/c1-13-3-7-15(8-4-13)20-17(19)21(12-11-18)16-9-5-14(2)6-10-16/h3-10H,11-12,18H2,1-2H3,(H2,19,20). The Morgan fingerprint density at radius 2 is 1.48 bits per heavy atom. The smallest absolute Gasteiger partial charge is 0.201 e. The second kappa shape index (κ2) is 6.90. The third-order valence-electron chi connectivity index (χ3n) is 3.25. The molecule has 4 nitrogen and oxygen atoms in total. The van der Waals surface area contributed by atoms with Crippen LogP contribution in [0.25, 0.3) is 0 Å². The summed E-state index contributed by atoms with van der Waals surface area (Å²) < 4.78 is 0. The fourth-order valence-electron chi connectivity index (χ4n) is 2.04. The van der Waals surface area contributed by atoms with Crippen LogP contribution in [0.15, 0.2) is 53.5 Å². The van der Waals surface area contributed by atoms with Crippen LogP contribution in [-0.2, 0) is 0 Å². The van der Waals surface area contributed by atoms with E-state index in [1.807, 2.05) is 48.2 Å². The molecule has 0 amide bonds. The molecule has 0 heterocycles. The number of benzene rings is 2. The van der Waals surface area contributed by atoms with Crippen LogP contribution in [0.1, 0.15) is 11.1 Å². The lowest BCUT2D eigenvalue weighted by atomic mass is 10.2. The van der Waals surface area contributed by atoms with Crippen molar-refractivity contribution in [2.45, 2.75) is 13.8 Å². The molecule has 21 heavy (non-hydrogen) atoms. The highest BCUT2D eigenvalue weighted by atomic mass is 15.3. The molecule has 0 unspecified atom stereocenters. The third-order valence-corrected chi connectivity index (χ3v) is 3.25. The summed E-state index contributed by atoms with van der Waals surface area (Å²) in [5, 5.41) is 0. The lowest BCUT2D eigenvalue weighted by Crippen LogP contribution is -2.40. The van der Waals surface area contributed by atoms with Crippen molar-refractivity contribution in [2.75, 3.05) is 18.0 Å². The summed E-state index contributed by atoms with van der Waals surface area (Å²) in [6.45, 7) is 5.24. The van der Waals surface area contributed by atoms with E-state index in [1.54, 1.807) is 0 Å². The Morgan fingerprint density at radius 1 is 0.952 bits per heavy atom. The predicted octanol–water partition coefficient (Wildman–Crippen LogP) is 2.71. The molecule has 2 aromatic carbocycles. The number of anilines is 1. The van der Waals surface area contributed by atoms with Crippen LogP contribution in [0, 0.1) is 13.8 Å². The van der Waals surface area contributed by atoms with Gasteiger partial charge in [0.05, 0.1) is 5.69 Å². The van der Waals surface area contributed by atoms with Crippen molar-refractivity contribution in [3.8, 4) is 0 Å². The summed E-state index contributed by atoms with van der Waals surface area (Å²) in [4.78, 5) is 6.41. The molecule has 0 saturated carbocycles. The molecule has 2 aromatic rings. The van der Waals surface area contributed by atoms with Crippen molar-refractivity contribution in [2.24, 2.45) is 16.5 Å². The summed E-state index contributed by atoms with van der Waals surface area (Å²) in [6.07, 6.45) is 0. The maximum atomic E-state index is 6.16. The lowest BCUT2D eigenvalue weighted by Gasteiger charge is -2.23. The Hall–Kier alpha value is -2.33. The highest BCUT2D eigenvalue weighted by Gasteiger charge is 2.09. The maximum Gasteiger partial charge on any atom is 0.201 e. The zero-order chi connectivity index (χ0) is 15.2. The summed E-state index contributed by atoms with van der Waals surface area (Å²) in [5.74, 6) is 0.452. The highest BCUT2D eigenvalue weighted by molar-refractivity contribution is 5.96. The van der Waals surface area contributed by atoms with Gasteiger partial charge in [0.15, 0.2) is 0 Å². The van der Waals surface area contributed by atoms with Crippen molar-refractivity contribution in [1.29, 1.82) is 0 Å². The normalized spacial score (nSPS) is 11.5. The molecule has 0 fully saturated rings. The van der Waals surface area contributed by atoms with Crippen LogP contribution >= 0.6 is 0 Å². The van der Waals surface area contributed by atoms with Gasteiger partial charge in [0, 0.05) is 18.8 Å². The van der Waals surface area contributed by atoms with Crippen LogP contribution in [0.5, 0.6) is 0 Å². The van der Waals surface area contributed by atoms with Crippen molar-refractivity contribution in [3.05, 3.63) is 59.7 Å². The minimum atomic E-state index is 0.452. The van der Waals surface area contributed by atoms with Gasteiger partial charge in [-0.2, -0.15) is 0 Å². The van der Waals surface area contributed by atoms with Crippen molar-refractivity contribution in [1.82, 2.24) is 0 Å². The quantitative estimate of drug-likeness (QED) is 0.669. The van der Waals surface area contributed by atoms with Crippen LogP contribution in [-0.4, -0.2) is 19.0 Å². The van der Waals surface area contributed by atoms with Gasteiger partial charge in [-0.15, -0.1) is 0 Å². The van der Waals surface area contributed by atoms with E-state index in [9.17, 15) is 0 Å². The predicted molar refractivity (Wildman–Crippen MR) is 90.0 cm³/mol. The molecule has 0 aromatic heterocycles. The number of rotatable bonds is 4. The molecule has 0 aliphatic heterocycles. The van der Waals surface area contributed by atoms with Crippen molar-refractivity contribution >= 4 is 17.3 Å². The summed E-state index contributed by atoms with van der Waals surface area (Å²) >= 11 is 0. The number of aliphatic imine (C=N–C) groups is 1. The van der Waals surface area contributed by atoms with Gasteiger partial charge in [-0.05, 0) is 38.1 Å². The Morgan fingerprint density at radius 3 is 2.00 bits per heavy atom. The first-order valence-electron chi connectivity index (χ1n) is 7.05. The Labute approximate surface area is 126 Å². The van der Waals surface area contributed by atoms with Crippen LogP contribution in [0.4, 0.5) is 11.4 Å². The zero-order valence-electron chi connectivity index (χ0n) is 12.6. The van der Waals surface area contributed by atoms with E-state index in [2.05, 4.69) is 24.0 Å². The molecule has 0 atom stereocenters. The fraction of sp³-hybridized carbons (Fsp3) is 0.235. The number of hydrogen-bond acceptors (Lipinski definition) is 2. The van der Waals surface area contributed by atoms with Gasteiger partial charge >= 0.3 is 0 Å². The molecule has 0 saturated heterocycles. The maximum absolute atomic E-state index is 6.16. The van der Waals surface area contributed by atoms with Gasteiger partial charge in [-0.1, -0.05) is 35.4 Å². The van der Waals surface area contributed by atoms with E-state index in [1.165, 1.54) is 11.1 Å². The van der Waals surface area contributed by atoms with Gasteiger partial charge in [0.25, 0.3) is 0 Å². The van der Waals surface area contributed by atoms with E-state index in [0.29, 0.717) is 19.0 Å². The average Bonchev–Trinajstić information content (AvgIpc) is 2.48. The Kier molecular flexibility index (Phi) is 4.95. The zero-order valence-corrected chi connectivity index (χ0v) is 12.6. The summed E-state index contributed by atoms with van der Waals surface area (Å²) in [7, 11) is 0. The van der Waals surface area contributed by atoms with Gasteiger partial charge in [0.2, 0.25) is 5.96 Å². The highest BCUT2D eigenvalue weighted by Crippen LogP contribution is 2.17. The molecule has 4 N–H and O–H groups in total. The fourth-order valence-corrected chi connectivity index (χ4v) is 2.04. The van der Waals surface area contributed by atoms with Crippen LogP contribution in [0.3, 0.4) is 0 Å². The first kappa shape index (κ1) is 15.1. The molecule has 0 bridgehead atoms. The number of hydrogen-bond donors (Lipinski definition) is 2. The molecular formula is C17H22N4. The number of nitrogens with zero attached hydrogens (tertiary/aromatic N) is 2. The average molecular weight is 282 g/mol. The Balaban J connectivity index is 2.28. The minimum absolute atomic E-state index is 0.452. The second-order valence-electron chi connectivity index (χ2n) is 5.08. The van der Waals surface area contributed by atoms with E-state index in [0.717, 1.165) is 11.4 Å². The summed E-state index contributed by atoms with van der Waals surface area (Å²) in [6, 6.07) is 16.1. The number of aryl methyl sites for hydroxylation is 2. The topological polar surface area (TPSA) is 67.6 Å². The van der Waals surface area contributed by atoms with Gasteiger partial charge in [-0.25, -0.2) is 4.99 Å². The second-order valence-corrected chi connectivity index (χ2v) is 5.08. The molecule has 0 aliphatic carbocycles. The summed E-state index contributed by atoms with van der Waals surface area (Å²) in [5.41, 5.74) is 16.1. The molecule has 0 spiro atoms. The monoisotopic (exact) mass is 282 g/mol. The molecule has 2 rings (SSSR count).